The first-order valence-electron chi connectivity index (χ1n) is 8.83. The summed E-state index contributed by atoms with van der Waals surface area (Å²) in [6.45, 7) is 7.54. The van der Waals surface area contributed by atoms with Crippen molar-refractivity contribution in [1.82, 2.24) is 19.9 Å². The van der Waals surface area contributed by atoms with Gasteiger partial charge in [-0.3, -0.25) is 9.69 Å². The van der Waals surface area contributed by atoms with Gasteiger partial charge in [0.05, 0.1) is 12.1 Å². The monoisotopic (exact) mass is 409 g/mol. The van der Waals surface area contributed by atoms with Crippen molar-refractivity contribution < 1.29 is 14.1 Å². The smallest absolute Gasteiger partial charge is 0.251 e. The van der Waals surface area contributed by atoms with Crippen molar-refractivity contribution in [2.24, 2.45) is 5.73 Å². The van der Waals surface area contributed by atoms with Gasteiger partial charge < -0.3 is 19.9 Å². The molecule has 1 unspecified atom stereocenters. The third-order valence-electron chi connectivity index (χ3n) is 4.98. The molecule has 10 heteroatoms. The van der Waals surface area contributed by atoms with Crippen molar-refractivity contribution in [1.29, 1.82) is 0 Å². The quantitative estimate of drug-likeness (QED) is 0.779. The van der Waals surface area contributed by atoms with E-state index in [1.807, 2.05) is 11.8 Å². The molecular weight excluding hydrogens is 381 g/mol. The van der Waals surface area contributed by atoms with Gasteiger partial charge >= 0.3 is 0 Å². The second-order valence-electron chi connectivity index (χ2n) is 6.50. The van der Waals surface area contributed by atoms with Crippen molar-refractivity contribution in [2.75, 3.05) is 32.7 Å². The molecule has 26 heavy (non-hydrogen) atoms. The average molecular weight is 410 g/mol. The van der Waals surface area contributed by atoms with Crippen LogP contribution in [0.3, 0.4) is 0 Å². The fourth-order valence-electron chi connectivity index (χ4n) is 3.33. The predicted octanol–water partition coefficient (Wildman–Crippen LogP) is 1.19. The Balaban J connectivity index is 0.00000169. The zero-order valence-electron chi connectivity index (χ0n) is 15.3. The first-order valence-corrected chi connectivity index (χ1v) is 8.83. The number of amides is 1. The molecule has 2 N–H and O–H groups in total. The Morgan fingerprint density at radius 2 is 1.96 bits per heavy atom. The van der Waals surface area contributed by atoms with Crippen LogP contribution in [0.4, 0.5) is 0 Å². The van der Waals surface area contributed by atoms with Crippen LogP contribution in [0.5, 0.6) is 0 Å². The summed E-state index contributed by atoms with van der Waals surface area (Å²) in [4.78, 5) is 21.1. The number of halogens is 2. The lowest BCUT2D eigenvalue weighted by molar-refractivity contribution is -0.144. The molecule has 3 rings (SSSR count). The maximum Gasteiger partial charge on any atom is 0.251 e. The Bertz CT molecular complexity index is 566. The number of piperazine rings is 1. The summed E-state index contributed by atoms with van der Waals surface area (Å²) < 4.78 is 11.1. The van der Waals surface area contributed by atoms with Gasteiger partial charge in [-0.2, -0.15) is 4.98 Å². The minimum atomic E-state index is -0.314. The molecule has 2 fully saturated rings. The lowest BCUT2D eigenvalue weighted by atomic mass is 10.1. The van der Waals surface area contributed by atoms with Gasteiger partial charge in [-0.25, -0.2) is 0 Å². The number of carbonyl (C=O) groups excluding carboxylic acids is 1. The molecule has 0 saturated carbocycles. The van der Waals surface area contributed by atoms with Crippen molar-refractivity contribution in [3.63, 3.8) is 0 Å². The third-order valence-corrected chi connectivity index (χ3v) is 4.98. The average Bonchev–Trinajstić information content (AvgIpc) is 3.29. The van der Waals surface area contributed by atoms with Gasteiger partial charge in [0.2, 0.25) is 5.89 Å². The molecule has 0 aliphatic carbocycles. The standard InChI is InChI=1S/C16H27N5O3.2ClH/c1-3-14-18-15(24-19-14)11(2)20-6-8-21(9-7-20)16(22)13-5-4-12(10-17)23-13;;/h11-13H,3-10,17H2,1-2H3;2*1H/t11?,12-,13+;;/m1../s1. The third kappa shape index (κ3) is 5.07. The van der Waals surface area contributed by atoms with Crippen LogP contribution in [0, 0.1) is 0 Å². The van der Waals surface area contributed by atoms with Gasteiger partial charge in [-0.05, 0) is 19.8 Å². The van der Waals surface area contributed by atoms with E-state index in [1.165, 1.54) is 0 Å². The number of aromatic nitrogens is 2. The maximum absolute atomic E-state index is 12.6. The number of aryl methyl sites for hydroxylation is 1. The highest BCUT2D eigenvalue weighted by atomic mass is 35.5. The first-order chi connectivity index (χ1) is 11.6. The second-order valence-corrected chi connectivity index (χ2v) is 6.50. The summed E-state index contributed by atoms with van der Waals surface area (Å²) in [5.74, 6) is 1.49. The van der Waals surface area contributed by atoms with E-state index in [2.05, 4.69) is 22.0 Å². The number of ether oxygens (including phenoxy) is 1. The molecule has 3 heterocycles. The Labute approximate surface area is 166 Å². The van der Waals surface area contributed by atoms with Crippen LogP contribution in [-0.2, 0) is 16.0 Å². The summed E-state index contributed by atoms with van der Waals surface area (Å²) in [6.07, 6.45) is 2.14. The van der Waals surface area contributed by atoms with E-state index in [0.29, 0.717) is 25.5 Å². The molecule has 0 radical (unpaired) electrons. The van der Waals surface area contributed by atoms with E-state index >= 15 is 0 Å². The van der Waals surface area contributed by atoms with Crippen LogP contribution >= 0.6 is 24.8 Å². The summed E-state index contributed by atoms with van der Waals surface area (Å²) in [5.41, 5.74) is 5.62. The Kier molecular flexibility index (Phi) is 9.26. The molecule has 2 aliphatic heterocycles. The minimum absolute atomic E-state index is 0. The van der Waals surface area contributed by atoms with Gasteiger partial charge in [0.1, 0.15) is 6.10 Å². The van der Waals surface area contributed by atoms with Crippen LogP contribution in [0.1, 0.15) is 44.4 Å². The normalized spacial score (nSPS) is 24.7. The summed E-state index contributed by atoms with van der Waals surface area (Å²) in [6, 6.07) is 0.0689. The Hall–Kier alpha value is -0.930. The number of carbonyl (C=O) groups is 1. The number of nitrogens with two attached hydrogens (primary N) is 1. The molecule has 0 spiro atoms. The van der Waals surface area contributed by atoms with Crippen LogP contribution in [0.15, 0.2) is 4.52 Å². The van der Waals surface area contributed by atoms with E-state index in [9.17, 15) is 4.79 Å². The molecule has 8 nitrogen and oxygen atoms in total. The predicted molar refractivity (Wildman–Crippen MR) is 102 cm³/mol. The molecule has 2 saturated heterocycles. The molecule has 0 bridgehead atoms. The highest BCUT2D eigenvalue weighted by Gasteiger charge is 2.35. The number of hydrogen-bond acceptors (Lipinski definition) is 7. The molecular formula is C16H29Cl2N5O3. The van der Waals surface area contributed by atoms with Crippen molar-refractivity contribution in [3.05, 3.63) is 11.7 Å². The van der Waals surface area contributed by atoms with E-state index in [1.54, 1.807) is 0 Å². The second kappa shape index (κ2) is 10.4. The number of nitrogens with zero attached hydrogens (tertiary/aromatic N) is 4. The van der Waals surface area contributed by atoms with Gasteiger partial charge in [0.15, 0.2) is 5.82 Å². The molecule has 1 aromatic rings. The van der Waals surface area contributed by atoms with E-state index in [-0.39, 0.29) is 49.0 Å². The molecule has 3 atom stereocenters. The lowest BCUT2D eigenvalue weighted by Gasteiger charge is -2.37. The molecule has 2 aliphatic rings. The van der Waals surface area contributed by atoms with Crippen molar-refractivity contribution in [2.45, 2.75) is 51.4 Å². The molecule has 1 aromatic heterocycles. The summed E-state index contributed by atoms with van der Waals surface area (Å²) >= 11 is 0. The lowest BCUT2D eigenvalue weighted by Crippen LogP contribution is -2.52. The maximum atomic E-state index is 12.6. The highest BCUT2D eigenvalue weighted by molar-refractivity contribution is 5.85. The van der Waals surface area contributed by atoms with Gasteiger partial charge in [-0.15, -0.1) is 24.8 Å². The summed E-state index contributed by atoms with van der Waals surface area (Å²) in [7, 11) is 0. The first kappa shape index (κ1) is 23.1. The minimum Gasteiger partial charge on any atom is -0.364 e. The van der Waals surface area contributed by atoms with Crippen LogP contribution in [-0.4, -0.2) is 70.8 Å². The van der Waals surface area contributed by atoms with Crippen LogP contribution in [0.25, 0.3) is 0 Å². The van der Waals surface area contributed by atoms with Crippen LogP contribution < -0.4 is 5.73 Å². The van der Waals surface area contributed by atoms with Crippen molar-refractivity contribution in [3.8, 4) is 0 Å². The largest absolute Gasteiger partial charge is 0.364 e. The molecule has 150 valence electrons. The van der Waals surface area contributed by atoms with Crippen LogP contribution in [0.2, 0.25) is 0 Å². The number of rotatable bonds is 5. The Morgan fingerprint density at radius 1 is 1.27 bits per heavy atom. The van der Waals surface area contributed by atoms with Crippen molar-refractivity contribution >= 4 is 30.7 Å². The fourth-order valence-corrected chi connectivity index (χ4v) is 3.33. The van der Waals surface area contributed by atoms with Gasteiger partial charge in [0, 0.05) is 39.1 Å². The Morgan fingerprint density at radius 3 is 2.50 bits per heavy atom. The van der Waals surface area contributed by atoms with Gasteiger partial charge in [-0.1, -0.05) is 12.1 Å². The van der Waals surface area contributed by atoms with Gasteiger partial charge in [0.25, 0.3) is 5.91 Å². The zero-order chi connectivity index (χ0) is 17.1. The van der Waals surface area contributed by atoms with E-state index < -0.39 is 0 Å². The fraction of sp³-hybridized carbons (Fsp3) is 0.812. The summed E-state index contributed by atoms with van der Waals surface area (Å²) in [5, 5.41) is 3.96. The molecule has 0 aromatic carbocycles. The highest BCUT2D eigenvalue weighted by Crippen LogP contribution is 2.23. The van der Waals surface area contributed by atoms with E-state index in [4.69, 9.17) is 15.0 Å². The zero-order valence-corrected chi connectivity index (χ0v) is 16.9. The van der Waals surface area contributed by atoms with E-state index in [0.717, 1.165) is 38.2 Å². The molecule has 1 amide bonds. The SMILES string of the molecule is CCc1noc(C(C)N2CCN(C(=O)[C@@H]3CC[C@H](CN)O3)CC2)n1.Cl.Cl. The topological polar surface area (TPSA) is 97.7 Å². The number of hydrogen-bond donors (Lipinski definition) is 1.